The van der Waals surface area contributed by atoms with E-state index in [1.54, 1.807) is 24.3 Å². The number of sulfonamides is 1. The Morgan fingerprint density at radius 3 is 2.58 bits per heavy atom. The summed E-state index contributed by atoms with van der Waals surface area (Å²) in [4.78, 5) is 7.96. The lowest BCUT2D eigenvalue weighted by Crippen LogP contribution is -2.21. The highest BCUT2D eigenvalue weighted by atomic mass is 32.2. The summed E-state index contributed by atoms with van der Waals surface area (Å²) in [5.74, 6) is 5.42. The van der Waals surface area contributed by atoms with Crippen LogP contribution in [0.2, 0.25) is 0 Å². The van der Waals surface area contributed by atoms with Crippen LogP contribution in [0.5, 0.6) is 0 Å². The molecule has 19 heavy (non-hydrogen) atoms. The molecular formula is C11H13N5O2S. The summed E-state index contributed by atoms with van der Waals surface area (Å²) in [6.07, 6.45) is 2.78. The summed E-state index contributed by atoms with van der Waals surface area (Å²) in [6.45, 7) is 0.369. The molecule has 0 spiro atoms. The van der Waals surface area contributed by atoms with Gasteiger partial charge in [-0.25, -0.2) is 13.4 Å². The first-order chi connectivity index (χ1) is 9.12. The van der Waals surface area contributed by atoms with Crippen LogP contribution < -0.4 is 16.0 Å². The van der Waals surface area contributed by atoms with Crippen LogP contribution in [-0.4, -0.2) is 18.4 Å². The first-order valence-electron chi connectivity index (χ1n) is 5.44. The van der Waals surface area contributed by atoms with Crippen molar-refractivity contribution in [2.45, 2.75) is 11.4 Å². The van der Waals surface area contributed by atoms with E-state index in [9.17, 15) is 8.42 Å². The van der Waals surface area contributed by atoms with E-state index >= 15 is 0 Å². The molecule has 0 aliphatic rings. The van der Waals surface area contributed by atoms with E-state index in [-0.39, 0.29) is 10.7 Å². The lowest BCUT2D eigenvalue weighted by Gasteiger charge is -2.07. The van der Waals surface area contributed by atoms with Crippen LogP contribution in [0.25, 0.3) is 0 Å². The molecule has 100 valence electrons. The second-order valence-electron chi connectivity index (χ2n) is 3.69. The molecule has 0 atom stereocenters. The van der Waals surface area contributed by atoms with Crippen LogP contribution in [-0.2, 0) is 16.6 Å². The topological polar surface area (TPSA) is 110 Å². The van der Waals surface area contributed by atoms with E-state index in [0.29, 0.717) is 12.2 Å². The van der Waals surface area contributed by atoms with Gasteiger partial charge < -0.3 is 0 Å². The molecule has 0 saturated heterocycles. The molecule has 2 heterocycles. The predicted octanol–water partition coefficient (Wildman–Crippen LogP) is 0.241. The Bertz CT molecular complexity index is 628. The minimum atomic E-state index is -3.67. The zero-order valence-electron chi connectivity index (χ0n) is 9.95. The Balaban J connectivity index is 2.20. The minimum Gasteiger partial charge on any atom is -0.271 e. The lowest BCUT2D eigenvalue weighted by molar-refractivity contribution is 0.600. The maximum absolute atomic E-state index is 12.0. The highest BCUT2D eigenvalue weighted by molar-refractivity contribution is 7.92. The van der Waals surface area contributed by atoms with E-state index in [2.05, 4.69) is 20.1 Å². The lowest BCUT2D eigenvalue weighted by atomic mass is 10.3. The van der Waals surface area contributed by atoms with Gasteiger partial charge in [-0.1, -0.05) is 6.07 Å². The summed E-state index contributed by atoms with van der Waals surface area (Å²) in [5.41, 5.74) is 3.10. The second kappa shape index (κ2) is 5.74. The zero-order valence-corrected chi connectivity index (χ0v) is 10.8. The van der Waals surface area contributed by atoms with Crippen LogP contribution in [0.4, 0.5) is 5.82 Å². The molecule has 0 amide bonds. The largest absolute Gasteiger partial charge is 0.271 e. The van der Waals surface area contributed by atoms with Crippen molar-refractivity contribution in [3.05, 3.63) is 48.4 Å². The molecule has 7 nitrogen and oxygen atoms in total. The average molecular weight is 279 g/mol. The summed E-state index contributed by atoms with van der Waals surface area (Å²) < 4.78 is 26.4. The van der Waals surface area contributed by atoms with Gasteiger partial charge in [0.15, 0.2) is 0 Å². The van der Waals surface area contributed by atoms with Crippen molar-refractivity contribution in [2.75, 3.05) is 4.72 Å². The van der Waals surface area contributed by atoms with Crippen LogP contribution in [0.15, 0.2) is 47.6 Å². The number of rotatable bonds is 5. The highest BCUT2D eigenvalue weighted by Crippen LogP contribution is 2.13. The number of nitrogens with one attached hydrogen (secondary N) is 2. The van der Waals surface area contributed by atoms with Crippen molar-refractivity contribution < 1.29 is 8.42 Å². The molecule has 0 radical (unpaired) electrons. The third-order valence-corrected chi connectivity index (χ3v) is 3.63. The van der Waals surface area contributed by atoms with Crippen LogP contribution in [0.1, 0.15) is 5.69 Å². The molecule has 0 bridgehead atoms. The normalized spacial score (nSPS) is 11.2. The summed E-state index contributed by atoms with van der Waals surface area (Å²) >= 11 is 0. The molecule has 2 rings (SSSR count). The van der Waals surface area contributed by atoms with E-state index in [4.69, 9.17) is 5.84 Å². The monoisotopic (exact) mass is 279 g/mol. The maximum Gasteiger partial charge on any atom is 0.264 e. The minimum absolute atomic E-state index is 0.0684. The number of pyridine rings is 2. The SMILES string of the molecule is NNCc1ccc(S(=O)(=O)Nc2ccccn2)cn1. The number of nitrogens with two attached hydrogens (primary N) is 1. The van der Waals surface area contributed by atoms with Gasteiger partial charge in [0.05, 0.1) is 12.2 Å². The Hall–Kier alpha value is -2.03. The number of hydrogen-bond donors (Lipinski definition) is 3. The first kappa shape index (κ1) is 13.4. The van der Waals surface area contributed by atoms with E-state index < -0.39 is 10.0 Å². The summed E-state index contributed by atoms with van der Waals surface area (Å²) in [5, 5.41) is 0. The van der Waals surface area contributed by atoms with Crippen LogP contribution >= 0.6 is 0 Å². The fourth-order valence-corrected chi connectivity index (χ4v) is 2.35. The summed E-state index contributed by atoms with van der Waals surface area (Å²) in [6, 6.07) is 8.02. The van der Waals surface area contributed by atoms with Crippen LogP contribution in [0, 0.1) is 0 Å². The van der Waals surface area contributed by atoms with Gasteiger partial charge in [-0.2, -0.15) is 0 Å². The van der Waals surface area contributed by atoms with Crippen molar-refractivity contribution >= 4 is 15.8 Å². The Morgan fingerprint density at radius 2 is 2.00 bits per heavy atom. The molecule has 0 fully saturated rings. The van der Waals surface area contributed by atoms with Gasteiger partial charge in [0.25, 0.3) is 10.0 Å². The Morgan fingerprint density at radius 1 is 1.16 bits per heavy atom. The quantitative estimate of drug-likeness (QED) is 0.534. The summed E-state index contributed by atoms with van der Waals surface area (Å²) in [7, 11) is -3.67. The van der Waals surface area contributed by atoms with Gasteiger partial charge >= 0.3 is 0 Å². The van der Waals surface area contributed by atoms with E-state index in [1.807, 2.05) is 0 Å². The number of aromatic nitrogens is 2. The fourth-order valence-electron chi connectivity index (χ4n) is 1.40. The Kier molecular flexibility index (Phi) is 4.05. The number of anilines is 1. The predicted molar refractivity (Wildman–Crippen MR) is 70.3 cm³/mol. The third-order valence-electron chi connectivity index (χ3n) is 2.29. The highest BCUT2D eigenvalue weighted by Gasteiger charge is 2.14. The van der Waals surface area contributed by atoms with Gasteiger partial charge in [0.1, 0.15) is 10.7 Å². The number of hydrogen-bond acceptors (Lipinski definition) is 6. The molecular weight excluding hydrogens is 266 g/mol. The van der Waals surface area contributed by atoms with Crippen molar-refractivity contribution in [3.8, 4) is 0 Å². The van der Waals surface area contributed by atoms with Gasteiger partial charge in [0, 0.05) is 12.4 Å². The molecule has 4 N–H and O–H groups in total. The molecule has 2 aromatic rings. The number of hydrazine groups is 1. The second-order valence-corrected chi connectivity index (χ2v) is 5.37. The van der Waals surface area contributed by atoms with Crippen molar-refractivity contribution in [1.82, 2.24) is 15.4 Å². The molecule has 0 aromatic carbocycles. The molecule has 0 aliphatic heterocycles. The van der Waals surface area contributed by atoms with Gasteiger partial charge in [-0.3, -0.25) is 21.0 Å². The zero-order chi connectivity index (χ0) is 13.7. The third kappa shape index (κ3) is 3.47. The molecule has 0 aliphatic carbocycles. The van der Waals surface area contributed by atoms with Crippen molar-refractivity contribution in [2.24, 2.45) is 5.84 Å². The molecule has 0 saturated carbocycles. The van der Waals surface area contributed by atoms with E-state index in [0.717, 1.165) is 0 Å². The molecule has 0 unspecified atom stereocenters. The van der Waals surface area contributed by atoms with E-state index in [1.165, 1.54) is 18.5 Å². The Labute approximate surface area is 110 Å². The van der Waals surface area contributed by atoms with Gasteiger partial charge in [-0.05, 0) is 24.3 Å². The smallest absolute Gasteiger partial charge is 0.264 e. The van der Waals surface area contributed by atoms with Gasteiger partial charge in [-0.15, -0.1) is 0 Å². The number of nitrogens with zero attached hydrogens (tertiary/aromatic N) is 2. The van der Waals surface area contributed by atoms with Gasteiger partial charge in [0.2, 0.25) is 0 Å². The molecule has 2 aromatic heterocycles. The fraction of sp³-hybridized carbons (Fsp3) is 0.0909. The average Bonchev–Trinajstić information content (AvgIpc) is 2.40. The van der Waals surface area contributed by atoms with Crippen molar-refractivity contribution in [1.29, 1.82) is 0 Å². The van der Waals surface area contributed by atoms with Crippen LogP contribution in [0.3, 0.4) is 0 Å². The molecule has 8 heteroatoms. The van der Waals surface area contributed by atoms with Crippen molar-refractivity contribution in [3.63, 3.8) is 0 Å². The first-order valence-corrected chi connectivity index (χ1v) is 6.92. The standard InChI is InChI=1S/C11H13N5O2S/c12-15-7-9-4-5-10(8-14-9)19(17,18)16-11-3-1-2-6-13-11/h1-6,8,15H,7,12H2,(H,13,16). The maximum atomic E-state index is 12.0.